The van der Waals surface area contributed by atoms with Crippen LogP contribution in [-0.4, -0.2) is 12.1 Å². The monoisotopic (exact) mass is 183 g/mol. The molecule has 0 amide bonds. The molecule has 0 aliphatic carbocycles. The molecule has 1 rings (SSSR count). The van der Waals surface area contributed by atoms with E-state index in [0.717, 1.165) is 27.2 Å². The van der Waals surface area contributed by atoms with Crippen molar-refractivity contribution in [3.05, 3.63) is 21.5 Å². The summed E-state index contributed by atoms with van der Waals surface area (Å²) in [6.45, 7) is 5.98. The molecule has 0 fully saturated rings. The first-order valence-electron chi connectivity index (χ1n) is 3.82. The summed E-state index contributed by atoms with van der Waals surface area (Å²) in [6.07, 6.45) is 0. The van der Waals surface area contributed by atoms with Crippen LogP contribution in [0.4, 0.5) is 0 Å². The van der Waals surface area contributed by atoms with Crippen molar-refractivity contribution in [1.82, 2.24) is 4.98 Å². The first-order chi connectivity index (χ1) is 5.57. The minimum atomic E-state index is 0.759. The van der Waals surface area contributed by atoms with E-state index in [9.17, 15) is 0 Å². The Balaban J connectivity index is 3.53. The molecule has 1 aromatic heterocycles. The molecule has 0 unspecified atom stereocenters. The van der Waals surface area contributed by atoms with Gasteiger partial charge in [0.1, 0.15) is 10.4 Å². The first-order valence-corrected chi connectivity index (χ1v) is 4.22. The molecule has 0 spiro atoms. The summed E-state index contributed by atoms with van der Waals surface area (Å²) in [5.41, 5.74) is 3.21. The number of rotatable bonds is 1. The van der Waals surface area contributed by atoms with Crippen LogP contribution in [-0.2, 0) is 0 Å². The minimum absolute atomic E-state index is 0.759. The topological polar surface area (TPSA) is 25.0 Å². The van der Waals surface area contributed by atoms with Crippen molar-refractivity contribution < 1.29 is 4.74 Å². The van der Waals surface area contributed by atoms with Gasteiger partial charge in [-0.1, -0.05) is 12.2 Å². The van der Waals surface area contributed by atoms with Gasteiger partial charge in [-0.3, -0.25) is 0 Å². The summed E-state index contributed by atoms with van der Waals surface area (Å²) in [4.78, 5) is 3.12. The molecule has 0 radical (unpaired) electrons. The molecule has 0 saturated carbocycles. The summed E-state index contributed by atoms with van der Waals surface area (Å²) >= 11 is 5.12. The Bertz CT molecular complexity index is 354. The largest absolute Gasteiger partial charge is 0.496 e. The second-order valence-corrected chi connectivity index (χ2v) is 3.27. The molecule has 0 aliphatic heterocycles. The van der Waals surface area contributed by atoms with Gasteiger partial charge in [-0.05, 0) is 20.8 Å². The van der Waals surface area contributed by atoms with Crippen LogP contribution < -0.4 is 4.74 Å². The fourth-order valence-electron chi connectivity index (χ4n) is 1.22. The van der Waals surface area contributed by atoms with Gasteiger partial charge >= 0.3 is 0 Å². The molecule has 0 bridgehead atoms. The van der Waals surface area contributed by atoms with Crippen LogP contribution >= 0.6 is 12.2 Å². The molecule has 0 aromatic carbocycles. The van der Waals surface area contributed by atoms with Gasteiger partial charge in [0.2, 0.25) is 0 Å². The van der Waals surface area contributed by atoms with E-state index in [0.29, 0.717) is 0 Å². The number of aryl methyl sites for hydroxylation is 1. The van der Waals surface area contributed by atoms with Crippen LogP contribution in [0, 0.1) is 25.4 Å². The molecule has 0 saturated heterocycles. The highest BCUT2D eigenvalue weighted by atomic mass is 32.1. The summed E-state index contributed by atoms with van der Waals surface area (Å²) in [5.74, 6) is 0.899. The predicted octanol–water partition coefficient (Wildman–Crippen LogP) is 2.68. The Labute approximate surface area is 77.6 Å². The van der Waals surface area contributed by atoms with E-state index >= 15 is 0 Å². The smallest absolute Gasteiger partial charge is 0.129 e. The number of H-pyrrole nitrogens is 1. The van der Waals surface area contributed by atoms with Gasteiger partial charge < -0.3 is 9.72 Å². The number of aromatic amines is 1. The third-order valence-electron chi connectivity index (χ3n) is 2.09. The standard InChI is InChI=1S/C9H13NOS/c1-5-7(3)10-9(12)6(2)8(5)11-4/h1-4H3,(H,10,12). The van der Waals surface area contributed by atoms with E-state index in [1.165, 1.54) is 0 Å². The number of hydrogen-bond acceptors (Lipinski definition) is 2. The molecule has 1 heterocycles. The van der Waals surface area contributed by atoms with E-state index in [-0.39, 0.29) is 0 Å². The van der Waals surface area contributed by atoms with Crippen molar-refractivity contribution in [2.45, 2.75) is 20.8 Å². The average molecular weight is 183 g/mol. The van der Waals surface area contributed by atoms with Crippen molar-refractivity contribution in [2.75, 3.05) is 7.11 Å². The van der Waals surface area contributed by atoms with Crippen molar-refractivity contribution in [3.63, 3.8) is 0 Å². The molecule has 0 atom stereocenters. The number of ether oxygens (including phenoxy) is 1. The zero-order valence-electron chi connectivity index (χ0n) is 7.82. The second-order valence-electron chi connectivity index (χ2n) is 2.86. The van der Waals surface area contributed by atoms with Crippen LogP contribution in [0.3, 0.4) is 0 Å². The molecular formula is C9H13NOS. The van der Waals surface area contributed by atoms with Gasteiger partial charge in [0.05, 0.1) is 7.11 Å². The lowest BCUT2D eigenvalue weighted by Crippen LogP contribution is -1.97. The highest BCUT2D eigenvalue weighted by Crippen LogP contribution is 2.24. The fourth-order valence-corrected chi connectivity index (χ4v) is 1.46. The SMILES string of the molecule is COc1c(C)c(C)[nH]c(=S)c1C. The second kappa shape index (κ2) is 3.27. The lowest BCUT2D eigenvalue weighted by molar-refractivity contribution is 0.407. The van der Waals surface area contributed by atoms with Crippen molar-refractivity contribution in [2.24, 2.45) is 0 Å². The zero-order chi connectivity index (χ0) is 9.30. The summed E-state index contributed by atoms with van der Waals surface area (Å²) in [6, 6.07) is 0. The molecule has 2 nitrogen and oxygen atoms in total. The predicted molar refractivity (Wildman–Crippen MR) is 52.4 cm³/mol. The fraction of sp³-hybridized carbons (Fsp3) is 0.444. The Morgan fingerprint density at radius 2 is 1.75 bits per heavy atom. The van der Waals surface area contributed by atoms with Gasteiger partial charge in [-0.25, -0.2) is 0 Å². The van der Waals surface area contributed by atoms with Crippen molar-refractivity contribution >= 4 is 12.2 Å². The van der Waals surface area contributed by atoms with Crippen LogP contribution in [0.2, 0.25) is 0 Å². The number of hydrogen-bond donors (Lipinski definition) is 1. The van der Waals surface area contributed by atoms with E-state index in [4.69, 9.17) is 17.0 Å². The lowest BCUT2D eigenvalue weighted by atomic mass is 10.1. The minimum Gasteiger partial charge on any atom is -0.496 e. The zero-order valence-corrected chi connectivity index (χ0v) is 8.63. The maximum absolute atomic E-state index is 5.25. The summed E-state index contributed by atoms with van der Waals surface area (Å²) in [7, 11) is 1.67. The maximum atomic E-state index is 5.25. The molecule has 66 valence electrons. The number of methoxy groups -OCH3 is 1. The Morgan fingerprint density at radius 1 is 1.17 bits per heavy atom. The van der Waals surface area contributed by atoms with E-state index < -0.39 is 0 Å². The Kier molecular flexibility index (Phi) is 2.52. The molecule has 1 aromatic rings. The van der Waals surface area contributed by atoms with E-state index in [1.54, 1.807) is 7.11 Å². The van der Waals surface area contributed by atoms with Crippen LogP contribution in [0.25, 0.3) is 0 Å². The average Bonchev–Trinajstić information content (AvgIpc) is 2.02. The third-order valence-corrected chi connectivity index (χ3v) is 2.50. The number of nitrogens with one attached hydrogen (secondary N) is 1. The molecule has 0 aliphatic rings. The van der Waals surface area contributed by atoms with Gasteiger partial charge in [-0.15, -0.1) is 0 Å². The van der Waals surface area contributed by atoms with E-state index in [1.807, 2.05) is 20.8 Å². The van der Waals surface area contributed by atoms with Crippen LogP contribution in [0.1, 0.15) is 16.8 Å². The first kappa shape index (κ1) is 9.26. The van der Waals surface area contributed by atoms with Gasteiger partial charge in [-0.2, -0.15) is 0 Å². The van der Waals surface area contributed by atoms with Crippen molar-refractivity contribution in [1.29, 1.82) is 0 Å². The van der Waals surface area contributed by atoms with E-state index in [2.05, 4.69) is 4.98 Å². The molecule has 3 heteroatoms. The number of pyridine rings is 1. The van der Waals surface area contributed by atoms with Crippen molar-refractivity contribution in [3.8, 4) is 5.75 Å². The van der Waals surface area contributed by atoms with Crippen LogP contribution in [0.15, 0.2) is 0 Å². The highest BCUT2D eigenvalue weighted by molar-refractivity contribution is 7.71. The van der Waals surface area contributed by atoms with Gasteiger partial charge in [0.15, 0.2) is 0 Å². The molecular weight excluding hydrogens is 170 g/mol. The molecule has 1 N–H and O–H groups in total. The molecule has 12 heavy (non-hydrogen) atoms. The van der Waals surface area contributed by atoms with Crippen LogP contribution in [0.5, 0.6) is 5.75 Å². The normalized spacial score (nSPS) is 10.0. The Hall–Kier alpha value is -0.830. The summed E-state index contributed by atoms with van der Waals surface area (Å²) < 4.78 is 6.01. The summed E-state index contributed by atoms with van der Waals surface area (Å²) in [5, 5.41) is 0. The quantitative estimate of drug-likeness (QED) is 0.677. The van der Waals surface area contributed by atoms with Gasteiger partial charge in [0, 0.05) is 16.8 Å². The van der Waals surface area contributed by atoms with Gasteiger partial charge in [0.25, 0.3) is 0 Å². The highest BCUT2D eigenvalue weighted by Gasteiger charge is 2.06. The third kappa shape index (κ3) is 1.37. The maximum Gasteiger partial charge on any atom is 0.129 e. The Morgan fingerprint density at radius 3 is 2.25 bits per heavy atom. The lowest BCUT2D eigenvalue weighted by Gasteiger charge is -2.10. The number of aromatic nitrogens is 1.